The first kappa shape index (κ1) is 62.0. The number of ketones is 5. The highest BCUT2D eigenvalue weighted by Crippen LogP contribution is 2.55. The maximum Gasteiger partial charge on any atom is 0.337 e. The minimum Gasteiger partial charge on any atom is -0.469 e. The third kappa shape index (κ3) is 20.1. The average Bonchev–Trinajstić information content (AvgIpc) is 4.08. The number of hydrogen-bond donors (Lipinski definition) is 0. The van der Waals surface area contributed by atoms with E-state index in [2.05, 4.69) is 46.2 Å². The molecule has 0 atom stereocenters. The zero-order valence-corrected chi connectivity index (χ0v) is 44.2. The second kappa shape index (κ2) is 30.4. The molecule has 0 heterocycles. The van der Waals surface area contributed by atoms with E-state index in [0.29, 0.717) is 31.0 Å². The van der Waals surface area contributed by atoms with E-state index in [1.54, 1.807) is 0 Å². The molecular weight excluding hydrogens is 976 g/mol. The highest BCUT2D eigenvalue weighted by atomic mass is 79.9. The maximum absolute atomic E-state index is 12.2. The highest BCUT2D eigenvalue weighted by Gasteiger charge is 2.58. The normalized spacial score (nSPS) is 16.9. The topological polar surface area (TPSA) is 225 Å². The molecule has 0 bridgehead atoms. The largest absolute Gasteiger partial charge is 0.469 e. The number of esters is 2. The Labute approximate surface area is 400 Å². The van der Waals surface area contributed by atoms with Crippen LogP contribution in [0.5, 0.6) is 0 Å². The van der Waals surface area contributed by atoms with Crippen LogP contribution in [0.4, 0.5) is 0 Å². The molecule has 0 aliphatic heterocycles. The van der Waals surface area contributed by atoms with E-state index in [4.69, 9.17) is 9.05 Å². The van der Waals surface area contributed by atoms with Crippen molar-refractivity contribution < 1.29 is 71.0 Å². The van der Waals surface area contributed by atoms with Crippen LogP contribution in [0.1, 0.15) is 138 Å². The van der Waals surface area contributed by atoms with Crippen molar-refractivity contribution in [1.29, 1.82) is 0 Å². The summed E-state index contributed by atoms with van der Waals surface area (Å²) in [4.78, 5) is 112. The van der Waals surface area contributed by atoms with Crippen LogP contribution in [-0.4, -0.2) is 113 Å². The quantitative estimate of drug-likeness (QED) is 0.0289. The predicted molar refractivity (Wildman–Crippen MR) is 255 cm³/mol. The van der Waals surface area contributed by atoms with E-state index in [1.165, 1.54) is 84.5 Å². The van der Waals surface area contributed by atoms with Gasteiger partial charge in [0, 0.05) is 31.5 Å². The average molecular weight is 1050 g/mol. The SMILES string of the molecule is CCCCSC(=O)C1(C(=O)CBr)CC1.CCCCSC(=O)C1(C(=O)CP(=O)(OC)OC)CC1.CCCCSC(=O)C1(C(C)=O)CC1.COC(=O)C1(C(C)=O)CC1.COC(=O)CC(C)=O. The van der Waals surface area contributed by atoms with E-state index < -0.39 is 35.2 Å². The summed E-state index contributed by atoms with van der Waals surface area (Å²) in [7, 11) is 1.68. The molecule has 64 heavy (non-hydrogen) atoms. The molecule has 0 radical (unpaired) electrons. The molecule has 0 aromatic carbocycles. The van der Waals surface area contributed by atoms with Gasteiger partial charge in [-0.25, -0.2) is 0 Å². The van der Waals surface area contributed by atoms with Crippen molar-refractivity contribution in [2.24, 2.45) is 21.7 Å². The van der Waals surface area contributed by atoms with Crippen LogP contribution in [0.2, 0.25) is 0 Å². The van der Waals surface area contributed by atoms with Gasteiger partial charge in [0.1, 0.15) is 35.3 Å². The smallest absolute Gasteiger partial charge is 0.337 e. The number of methoxy groups -OCH3 is 2. The Morgan fingerprint density at radius 3 is 1.09 bits per heavy atom. The Kier molecular flexibility index (Phi) is 29.4. The number of ether oxygens (including phenoxy) is 2. The molecule has 0 aromatic heterocycles. The van der Waals surface area contributed by atoms with Gasteiger partial charge in [-0.05, 0) is 91.4 Å². The Morgan fingerprint density at radius 2 is 0.875 bits per heavy atom. The van der Waals surface area contributed by atoms with Crippen LogP contribution < -0.4 is 0 Å². The summed E-state index contributed by atoms with van der Waals surface area (Å²) >= 11 is 7.01. The molecule has 4 aliphatic rings. The fourth-order valence-electron chi connectivity index (χ4n) is 5.57. The minimum absolute atomic E-state index is 0.0569. The summed E-state index contributed by atoms with van der Waals surface area (Å²) in [6.45, 7) is 10.6. The van der Waals surface area contributed by atoms with Crippen LogP contribution in [0.3, 0.4) is 0 Å². The second-order valence-corrected chi connectivity index (χ2v) is 22.0. The number of hydrogen-bond acceptors (Lipinski definition) is 18. The van der Waals surface area contributed by atoms with E-state index in [-0.39, 0.29) is 62.8 Å². The summed E-state index contributed by atoms with van der Waals surface area (Å²) in [5.41, 5.74) is -2.82. The number of unbranched alkanes of at least 4 members (excludes halogenated alkanes) is 3. The molecule has 0 amide bonds. The monoisotopic (exact) mass is 1040 g/mol. The predicted octanol–water partition coefficient (Wildman–Crippen LogP) is 8.75. The standard InChI is InChI=1S/C12H21O5PS.C10H15BrO2S.C10H16O2S.C7H10O3.C5H8O3/c1-4-5-8-19-11(14)12(6-7-12)10(13)9-18(15,16-2)17-3;1-2-3-6-14-9(13)10(4-5-10)8(12)7-11;1-3-4-7-13-9(12)10(5-6-10)8(2)11;1-5(8)7(3-4-7)6(9)10-2;1-4(6)3-5(7)8-2/h4-9H2,1-3H3;2-7H2,1H3;3-7H2,1-2H3;3-4H2,1-2H3;3H2,1-2H3. The van der Waals surface area contributed by atoms with Crippen molar-refractivity contribution in [3.8, 4) is 0 Å². The van der Waals surface area contributed by atoms with Gasteiger partial charge in [0.2, 0.25) is 15.3 Å². The Hall–Kier alpha value is -2.02. The Bertz CT molecular complexity index is 1680. The minimum atomic E-state index is -3.38. The number of Topliss-reactive ketones (excluding diaryl/α,β-unsaturated/α-hetero) is 5. The van der Waals surface area contributed by atoms with Crippen molar-refractivity contribution >= 4 is 115 Å². The zero-order chi connectivity index (χ0) is 49.4. The molecule has 4 fully saturated rings. The van der Waals surface area contributed by atoms with Crippen LogP contribution in [0, 0.1) is 21.7 Å². The van der Waals surface area contributed by atoms with Gasteiger partial charge < -0.3 is 18.5 Å². The molecule has 4 aliphatic carbocycles. The molecular formula is C44H70BrO15PS3. The van der Waals surface area contributed by atoms with Gasteiger partial charge in [-0.2, -0.15) is 0 Å². The number of rotatable bonds is 24. The van der Waals surface area contributed by atoms with Gasteiger partial charge in [0.15, 0.2) is 11.6 Å². The van der Waals surface area contributed by atoms with Crippen LogP contribution in [0.15, 0.2) is 0 Å². The molecule has 4 rings (SSSR count). The van der Waals surface area contributed by atoms with Crippen LogP contribution >= 0.6 is 58.8 Å². The van der Waals surface area contributed by atoms with Gasteiger partial charge >= 0.3 is 19.5 Å². The molecule has 15 nitrogen and oxygen atoms in total. The lowest BCUT2D eigenvalue weighted by Gasteiger charge is -2.16. The number of thioether (sulfide) groups is 3. The lowest BCUT2D eigenvalue weighted by atomic mass is 10.0. The fourth-order valence-corrected chi connectivity index (χ4v) is 10.8. The highest BCUT2D eigenvalue weighted by molar-refractivity contribution is 9.09. The van der Waals surface area contributed by atoms with E-state index >= 15 is 0 Å². The number of halogens is 1. The summed E-state index contributed by atoms with van der Waals surface area (Å²) in [6.07, 6.45) is 11.4. The van der Waals surface area contributed by atoms with E-state index in [1.807, 2.05) is 0 Å². The van der Waals surface area contributed by atoms with E-state index in [9.17, 15) is 52.5 Å². The fraction of sp³-hybridized carbons (Fsp3) is 0.773. The van der Waals surface area contributed by atoms with Gasteiger partial charge in [-0.1, -0.05) is 91.2 Å². The number of carbonyl (C=O) groups is 10. The van der Waals surface area contributed by atoms with Gasteiger partial charge in [0.05, 0.1) is 35.8 Å². The van der Waals surface area contributed by atoms with Gasteiger partial charge in [-0.3, -0.25) is 52.5 Å². The first-order chi connectivity index (χ1) is 30.0. The molecule has 0 spiro atoms. The van der Waals surface area contributed by atoms with E-state index in [0.717, 1.165) is 81.5 Å². The maximum atomic E-state index is 12.2. The third-order valence-corrected chi connectivity index (χ3v) is 16.7. The summed E-state index contributed by atoms with van der Waals surface area (Å²) in [6, 6.07) is 0. The molecule has 0 saturated heterocycles. The molecule has 0 N–H and O–H groups in total. The van der Waals surface area contributed by atoms with Crippen LogP contribution in [-0.2, 0) is 71.0 Å². The second-order valence-electron chi connectivity index (χ2n) is 16.0. The van der Waals surface area contributed by atoms with Crippen molar-refractivity contribution in [1.82, 2.24) is 0 Å². The molecule has 20 heteroatoms. The zero-order valence-electron chi connectivity index (χ0n) is 39.3. The molecule has 366 valence electrons. The Balaban J connectivity index is 0.000000798. The summed E-state index contributed by atoms with van der Waals surface area (Å²) in [5, 5.41) is 0.418. The lowest BCUT2D eigenvalue weighted by Crippen LogP contribution is -2.27. The van der Waals surface area contributed by atoms with Crippen molar-refractivity contribution in [3.05, 3.63) is 0 Å². The summed E-state index contributed by atoms with van der Waals surface area (Å²) < 4.78 is 30.1. The molecule has 4 saturated carbocycles. The lowest BCUT2D eigenvalue weighted by molar-refractivity contribution is -0.151. The molecule has 0 aromatic rings. The van der Waals surface area contributed by atoms with Crippen molar-refractivity contribution in [2.45, 2.75) is 138 Å². The van der Waals surface area contributed by atoms with Crippen molar-refractivity contribution in [2.75, 3.05) is 57.2 Å². The summed E-state index contributed by atoms with van der Waals surface area (Å²) in [5.74, 6) is 1.17. The number of carbonyl (C=O) groups excluding carboxylic acids is 10. The number of alkyl halides is 1. The van der Waals surface area contributed by atoms with Crippen LogP contribution in [0.25, 0.3) is 0 Å². The van der Waals surface area contributed by atoms with Crippen molar-refractivity contribution in [3.63, 3.8) is 0 Å². The first-order valence-corrected chi connectivity index (χ1v) is 27.4. The molecule has 0 unspecified atom stereocenters. The first-order valence-electron chi connectivity index (χ1n) is 21.6. The van der Waals surface area contributed by atoms with Gasteiger partial charge in [-0.15, -0.1) is 0 Å². The third-order valence-electron chi connectivity index (χ3n) is 11.0. The Morgan fingerprint density at radius 1 is 0.531 bits per heavy atom. The van der Waals surface area contributed by atoms with Gasteiger partial charge in [0.25, 0.3) is 0 Å².